The molecule has 2 aromatic rings. The van der Waals surface area contributed by atoms with Crippen molar-refractivity contribution in [3.63, 3.8) is 0 Å². The van der Waals surface area contributed by atoms with Crippen molar-refractivity contribution in [2.24, 2.45) is 0 Å². The van der Waals surface area contributed by atoms with Gasteiger partial charge in [-0.2, -0.15) is 0 Å². The van der Waals surface area contributed by atoms with Crippen molar-refractivity contribution in [1.82, 2.24) is 9.80 Å². The molecule has 0 spiro atoms. The minimum atomic E-state index is 1.01. The van der Waals surface area contributed by atoms with Gasteiger partial charge in [-0.05, 0) is 32.1 Å². The van der Waals surface area contributed by atoms with Crippen molar-refractivity contribution in [2.45, 2.75) is 20.0 Å². The van der Waals surface area contributed by atoms with Crippen LogP contribution in [0, 0.1) is 6.92 Å². The summed E-state index contributed by atoms with van der Waals surface area (Å²) in [6.45, 7) is 6.32. The molecule has 0 aliphatic rings. The standard InChI is InChI=1S/C19H26N2/c1-17-9-11-19(12-10-17)16-21(3)14-13-20(2)15-18-7-5-4-6-8-18/h4-12H,13-16H2,1-3H3. The van der Waals surface area contributed by atoms with E-state index in [-0.39, 0.29) is 0 Å². The van der Waals surface area contributed by atoms with Gasteiger partial charge in [0.1, 0.15) is 0 Å². The molecule has 0 fully saturated rings. The van der Waals surface area contributed by atoms with Crippen LogP contribution in [0.15, 0.2) is 54.6 Å². The third kappa shape index (κ3) is 5.70. The highest BCUT2D eigenvalue weighted by atomic mass is 15.2. The molecule has 0 N–H and O–H groups in total. The Hall–Kier alpha value is -1.64. The zero-order valence-corrected chi connectivity index (χ0v) is 13.4. The fourth-order valence-corrected chi connectivity index (χ4v) is 2.40. The third-order valence-corrected chi connectivity index (χ3v) is 3.73. The summed E-state index contributed by atoms with van der Waals surface area (Å²) in [6, 6.07) is 19.5. The maximum Gasteiger partial charge on any atom is 0.0231 e. The lowest BCUT2D eigenvalue weighted by Gasteiger charge is -2.22. The first-order valence-corrected chi connectivity index (χ1v) is 7.60. The van der Waals surface area contributed by atoms with Gasteiger partial charge in [-0.15, -0.1) is 0 Å². The van der Waals surface area contributed by atoms with Crippen molar-refractivity contribution >= 4 is 0 Å². The Morgan fingerprint density at radius 2 is 1.14 bits per heavy atom. The normalized spacial score (nSPS) is 11.3. The summed E-state index contributed by atoms with van der Waals surface area (Å²) >= 11 is 0. The number of aryl methyl sites for hydroxylation is 1. The molecule has 0 unspecified atom stereocenters. The molecule has 112 valence electrons. The molecule has 0 aromatic heterocycles. The Morgan fingerprint density at radius 1 is 0.667 bits per heavy atom. The van der Waals surface area contributed by atoms with Gasteiger partial charge in [-0.25, -0.2) is 0 Å². The van der Waals surface area contributed by atoms with Crippen LogP contribution < -0.4 is 0 Å². The summed E-state index contributed by atoms with van der Waals surface area (Å²) in [5.41, 5.74) is 4.08. The van der Waals surface area contributed by atoms with Gasteiger partial charge < -0.3 is 9.80 Å². The number of nitrogens with zero attached hydrogens (tertiary/aromatic N) is 2. The lowest BCUT2D eigenvalue weighted by atomic mass is 10.1. The lowest BCUT2D eigenvalue weighted by molar-refractivity contribution is 0.247. The van der Waals surface area contributed by atoms with Gasteiger partial charge in [0.15, 0.2) is 0 Å². The minimum absolute atomic E-state index is 1.01. The Labute approximate surface area is 129 Å². The van der Waals surface area contributed by atoms with E-state index in [0.717, 1.165) is 26.2 Å². The van der Waals surface area contributed by atoms with Crippen LogP contribution in [0.25, 0.3) is 0 Å². The summed E-state index contributed by atoms with van der Waals surface area (Å²) in [7, 11) is 4.38. The molecule has 0 bridgehead atoms. The Balaban J connectivity index is 1.73. The zero-order chi connectivity index (χ0) is 15.1. The molecule has 0 aliphatic carbocycles. The van der Waals surface area contributed by atoms with Crippen molar-refractivity contribution in [2.75, 3.05) is 27.2 Å². The van der Waals surface area contributed by atoms with E-state index in [2.05, 4.69) is 85.4 Å². The predicted molar refractivity (Wildman–Crippen MR) is 90.3 cm³/mol. The first-order chi connectivity index (χ1) is 10.1. The minimum Gasteiger partial charge on any atom is -0.301 e. The van der Waals surface area contributed by atoms with Gasteiger partial charge in [0.05, 0.1) is 0 Å². The highest BCUT2D eigenvalue weighted by Gasteiger charge is 2.04. The first kappa shape index (κ1) is 15.7. The number of hydrogen-bond donors (Lipinski definition) is 0. The lowest BCUT2D eigenvalue weighted by Crippen LogP contribution is -2.30. The summed E-state index contributed by atoms with van der Waals surface area (Å²) in [6.07, 6.45) is 0. The topological polar surface area (TPSA) is 6.48 Å². The predicted octanol–water partition coefficient (Wildman–Crippen LogP) is 3.56. The third-order valence-electron chi connectivity index (χ3n) is 3.73. The van der Waals surface area contributed by atoms with Crippen molar-refractivity contribution in [3.8, 4) is 0 Å². The van der Waals surface area contributed by atoms with Crippen molar-refractivity contribution < 1.29 is 0 Å². The second-order valence-corrected chi connectivity index (χ2v) is 5.95. The Morgan fingerprint density at radius 3 is 1.67 bits per heavy atom. The number of benzene rings is 2. The van der Waals surface area contributed by atoms with E-state index in [9.17, 15) is 0 Å². The average molecular weight is 282 g/mol. The van der Waals surface area contributed by atoms with Crippen molar-refractivity contribution in [1.29, 1.82) is 0 Å². The smallest absolute Gasteiger partial charge is 0.0231 e. The van der Waals surface area contributed by atoms with Gasteiger partial charge in [-0.1, -0.05) is 60.2 Å². The molecule has 0 aliphatic heterocycles. The highest BCUT2D eigenvalue weighted by molar-refractivity contribution is 5.21. The summed E-state index contributed by atoms with van der Waals surface area (Å²) in [5.74, 6) is 0. The maximum absolute atomic E-state index is 2.38. The van der Waals surface area contributed by atoms with E-state index < -0.39 is 0 Å². The molecule has 0 saturated heterocycles. The van der Waals surface area contributed by atoms with E-state index in [1.165, 1.54) is 16.7 Å². The molecule has 0 amide bonds. The number of hydrogen-bond acceptors (Lipinski definition) is 2. The first-order valence-electron chi connectivity index (χ1n) is 7.60. The second-order valence-electron chi connectivity index (χ2n) is 5.95. The molecule has 0 saturated carbocycles. The fourth-order valence-electron chi connectivity index (χ4n) is 2.40. The molecule has 2 rings (SSSR count). The largest absolute Gasteiger partial charge is 0.301 e. The van der Waals surface area contributed by atoms with Crippen LogP contribution in [-0.4, -0.2) is 37.0 Å². The molecule has 0 heterocycles. The van der Waals surface area contributed by atoms with Crippen LogP contribution in [0.1, 0.15) is 16.7 Å². The summed E-state index contributed by atoms with van der Waals surface area (Å²) in [5, 5.41) is 0. The van der Waals surface area contributed by atoms with E-state index in [4.69, 9.17) is 0 Å². The molecule has 2 nitrogen and oxygen atoms in total. The zero-order valence-electron chi connectivity index (χ0n) is 13.4. The number of likely N-dealkylation sites (N-methyl/N-ethyl adjacent to an activating group) is 2. The van der Waals surface area contributed by atoms with Crippen LogP contribution in [-0.2, 0) is 13.1 Å². The average Bonchev–Trinajstić information content (AvgIpc) is 2.49. The van der Waals surface area contributed by atoms with Crippen molar-refractivity contribution in [3.05, 3.63) is 71.3 Å². The van der Waals surface area contributed by atoms with Crippen LogP contribution >= 0.6 is 0 Å². The van der Waals surface area contributed by atoms with Gasteiger partial charge in [0, 0.05) is 26.2 Å². The van der Waals surface area contributed by atoms with Crippen LogP contribution in [0.3, 0.4) is 0 Å². The SMILES string of the molecule is Cc1ccc(CN(C)CCN(C)Cc2ccccc2)cc1. The Bertz CT molecular complexity index is 519. The second kappa shape index (κ2) is 7.96. The molecule has 2 heteroatoms. The number of rotatable bonds is 7. The van der Waals surface area contributed by atoms with Gasteiger partial charge in [0.2, 0.25) is 0 Å². The van der Waals surface area contributed by atoms with E-state index in [1.807, 2.05) is 0 Å². The quantitative estimate of drug-likeness (QED) is 0.766. The van der Waals surface area contributed by atoms with E-state index in [1.54, 1.807) is 0 Å². The molecule has 0 atom stereocenters. The molecule has 21 heavy (non-hydrogen) atoms. The van der Waals surface area contributed by atoms with Crippen LogP contribution in [0.2, 0.25) is 0 Å². The van der Waals surface area contributed by atoms with Crippen LogP contribution in [0.4, 0.5) is 0 Å². The molecular formula is C19H26N2. The van der Waals surface area contributed by atoms with Crippen LogP contribution in [0.5, 0.6) is 0 Å². The maximum atomic E-state index is 2.38. The summed E-state index contributed by atoms with van der Waals surface area (Å²) < 4.78 is 0. The summed E-state index contributed by atoms with van der Waals surface area (Å²) in [4.78, 5) is 4.76. The highest BCUT2D eigenvalue weighted by Crippen LogP contribution is 2.06. The van der Waals surface area contributed by atoms with Gasteiger partial charge in [0.25, 0.3) is 0 Å². The van der Waals surface area contributed by atoms with E-state index in [0.29, 0.717) is 0 Å². The van der Waals surface area contributed by atoms with E-state index >= 15 is 0 Å². The molecular weight excluding hydrogens is 256 g/mol. The van der Waals surface area contributed by atoms with Gasteiger partial charge in [-0.3, -0.25) is 0 Å². The molecule has 2 aromatic carbocycles. The monoisotopic (exact) mass is 282 g/mol. The Kier molecular flexibility index (Phi) is 5.97. The van der Waals surface area contributed by atoms with Gasteiger partial charge >= 0.3 is 0 Å². The fraction of sp³-hybridized carbons (Fsp3) is 0.368. The molecule has 0 radical (unpaired) electrons.